The first-order valence-electron chi connectivity index (χ1n) is 4.90. The summed E-state index contributed by atoms with van der Waals surface area (Å²) in [6.45, 7) is 2.11. The van der Waals surface area contributed by atoms with Gasteiger partial charge in [-0.25, -0.2) is 4.39 Å². The van der Waals surface area contributed by atoms with Gasteiger partial charge in [0.25, 0.3) is 0 Å². The van der Waals surface area contributed by atoms with Crippen LogP contribution in [0.5, 0.6) is 0 Å². The van der Waals surface area contributed by atoms with Crippen molar-refractivity contribution < 1.29 is 13.9 Å². The standard InChI is InChI=1S/C12H12BrFO2/c1-2-16-12(15)5-3-4-9-6-7-10(13)8-11(9)14/h3-4,6-8H,2,5H2,1H3. The minimum Gasteiger partial charge on any atom is -0.466 e. The van der Waals surface area contributed by atoms with E-state index in [1.54, 1.807) is 31.2 Å². The van der Waals surface area contributed by atoms with E-state index in [1.165, 1.54) is 6.07 Å². The molecule has 86 valence electrons. The van der Waals surface area contributed by atoms with Crippen LogP contribution >= 0.6 is 15.9 Å². The summed E-state index contributed by atoms with van der Waals surface area (Å²) in [5, 5.41) is 0. The predicted molar refractivity (Wildman–Crippen MR) is 64.4 cm³/mol. The smallest absolute Gasteiger partial charge is 0.309 e. The van der Waals surface area contributed by atoms with E-state index in [0.29, 0.717) is 16.6 Å². The average molecular weight is 287 g/mol. The molecule has 0 saturated heterocycles. The summed E-state index contributed by atoms with van der Waals surface area (Å²) in [6.07, 6.45) is 3.31. The Kier molecular flexibility index (Phi) is 5.19. The van der Waals surface area contributed by atoms with Crippen LogP contribution in [0.15, 0.2) is 28.7 Å². The third kappa shape index (κ3) is 4.14. The minimum absolute atomic E-state index is 0.156. The molecule has 16 heavy (non-hydrogen) atoms. The highest BCUT2D eigenvalue weighted by Gasteiger charge is 2.00. The number of hydrogen-bond acceptors (Lipinski definition) is 2. The number of hydrogen-bond donors (Lipinski definition) is 0. The Morgan fingerprint density at radius 3 is 2.94 bits per heavy atom. The van der Waals surface area contributed by atoms with E-state index in [9.17, 15) is 9.18 Å². The Morgan fingerprint density at radius 2 is 2.31 bits per heavy atom. The quantitative estimate of drug-likeness (QED) is 0.791. The third-order valence-electron chi connectivity index (χ3n) is 1.85. The summed E-state index contributed by atoms with van der Waals surface area (Å²) in [4.78, 5) is 11.0. The van der Waals surface area contributed by atoms with Crippen molar-refractivity contribution in [3.63, 3.8) is 0 Å². The van der Waals surface area contributed by atoms with Crippen molar-refractivity contribution in [1.82, 2.24) is 0 Å². The summed E-state index contributed by atoms with van der Waals surface area (Å²) in [7, 11) is 0. The summed E-state index contributed by atoms with van der Waals surface area (Å²) in [5.74, 6) is -0.634. The normalized spacial score (nSPS) is 10.7. The van der Waals surface area contributed by atoms with Crippen molar-refractivity contribution in [2.75, 3.05) is 6.61 Å². The molecule has 0 fully saturated rings. The molecule has 0 N–H and O–H groups in total. The van der Waals surface area contributed by atoms with Crippen molar-refractivity contribution >= 4 is 28.0 Å². The molecule has 0 saturated carbocycles. The second kappa shape index (κ2) is 6.43. The first-order valence-corrected chi connectivity index (χ1v) is 5.70. The second-order valence-electron chi connectivity index (χ2n) is 3.08. The third-order valence-corrected chi connectivity index (χ3v) is 2.34. The van der Waals surface area contributed by atoms with Crippen molar-refractivity contribution in [2.45, 2.75) is 13.3 Å². The summed E-state index contributed by atoms with van der Waals surface area (Å²) in [6, 6.07) is 4.76. The van der Waals surface area contributed by atoms with Gasteiger partial charge in [0.05, 0.1) is 13.0 Å². The van der Waals surface area contributed by atoms with E-state index in [0.717, 1.165) is 0 Å². The highest BCUT2D eigenvalue weighted by molar-refractivity contribution is 9.10. The molecule has 0 radical (unpaired) electrons. The van der Waals surface area contributed by atoms with Gasteiger partial charge in [0.1, 0.15) is 5.82 Å². The Hall–Kier alpha value is -1.16. The van der Waals surface area contributed by atoms with Crippen molar-refractivity contribution in [1.29, 1.82) is 0 Å². The van der Waals surface area contributed by atoms with Gasteiger partial charge in [0.15, 0.2) is 0 Å². The van der Waals surface area contributed by atoms with E-state index in [4.69, 9.17) is 4.74 Å². The van der Waals surface area contributed by atoms with Crippen LogP contribution < -0.4 is 0 Å². The number of ether oxygens (including phenoxy) is 1. The van der Waals surface area contributed by atoms with E-state index in [-0.39, 0.29) is 18.2 Å². The van der Waals surface area contributed by atoms with Crippen molar-refractivity contribution in [2.24, 2.45) is 0 Å². The molecule has 0 aromatic heterocycles. The fourth-order valence-corrected chi connectivity index (χ4v) is 1.47. The number of benzene rings is 1. The van der Waals surface area contributed by atoms with Gasteiger partial charge < -0.3 is 4.74 Å². The van der Waals surface area contributed by atoms with Crippen LogP contribution in [0.1, 0.15) is 18.9 Å². The summed E-state index contributed by atoms with van der Waals surface area (Å²) in [5.41, 5.74) is 0.451. The molecule has 1 aromatic rings. The molecule has 0 aliphatic rings. The number of rotatable bonds is 4. The van der Waals surface area contributed by atoms with E-state index >= 15 is 0 Å². The molecule has 4 heteroatoms. The Morgan fingerprint density at radius 1 is 1.56 bits per heavy atom. The minimum atomic E-state index is -0.325. The second-order valence-corrected chi connectivity index (χ2v) is 3.99. The van der Waals surface area contributed by atoms with Gasteiger partial charge in [-0.05, 0) is 19.1 Å². The SMILES string of the molecule is CCOC(=O)CC=Cc1ccc(Br)cc1F. The number of esters is 1. The Balaban J connectivity index is 2.59. The number of halogens is 2. The van der Waals surface area contributed by atoms with Gasteiger partial charge in [0.2, 0.25) is 0 Å². The first-order chi connectivity index (χ1) is 7.63. The summed E-state index contributed by atoms with van der Waals surface area (Å²) >= 11 is 3.17. The van der Waals surface area contributed by atoms with Crippen LogP contribution in [0, 0.1) is 5.82 Å². The fourth-order valence-electron chi connectivity index (χ4n) is 1.14. The van der Waals surface area contributed by atoms with Gasteiger partial charge in [-0.1, -0.05) is 34.1 Å². The maximum absolute atomic E-state index is 13.3. The maximum atomic E-state index is 13.3. The Bertz CT molecular complexity index is 402. The fraction of sp³-hybridized carbons (Fsp3) is 0.250. The molecule has 0 heterocycles. The number of carbonyl (C=O) groups is 1. The molecule has 1 aromatic carbocycles. The Labute approximate surface area is 102 Å². The lowest BCUT2D eigenvalue weighted by Crippen LogP contribution is -2.01. The van der Waals surface area contributed by atoms with Gasteiger partial charge in [-0.2, -0.15) is 0 Å². The molecule has 0 unspecified atom stereocenters. The lowest BCUT2D eigenvalue weighted by atomic mass is 10.2. The van der Waals surface area contributed by atoms with Crippen molar-refractivity contribution in [3.8, 4) is 0 Å². The monoisotopic (exact) mass is 286 g/mol. The van der Waals surface area contributed by atoms with Crippen LogP contribution in [0.4, 0.5) is 4.39 Å². The van der Waals surface area contributed by atoms with E-state index < -0.39 is 0 Å². The zero-order valence-electron chi connectivity index (χ0n) is 8.87. The molecule has 0 spiro atoms. The van der Waals surface area contributed by atoms with Gasteiger partial charge >= 0.3 is 5.97 Å². The molecule has 0 aliphatic carbocycles. The molecular formula is C12H12BrFO2. The average Bonchev–Trinajstić information content (AvgIpc) is 2.22. The zero-order valence-corrected chi connectivity index (χ0v) is 10.5. The first kappa shape index (κ1) is 12.9. The van der Waals surface area contributed by atoms with Gasteiger partial charge in [-0.3, -0.25) is 4.79 Å². The van der Waals surface area contributed by atoms with Crippen LogP contribution in [-0.4, -0.2) is 12.6 Å². The molecular weight excluding hydrogens is 275 g/mol. The highest BCUT2D eigenvalue weighted by Crippen LogP contribution is 2.16. The maximum Gasteiger partial charge on any atom is 0.309 e. The lowest BCUT2D eigenvalue weighted by Gasteiger charge is -1.98. The molecule has 0 bridgehead atoms. The molecule has 0 amide bonds. The van der Waals surface area contributed by atoms with E-state index in [2.05, 4.69) is 15.9 Å². The zero-order chi connectivity index (χ0) is 12.0. The van der Waals surface area contributed by atoms with E-state index in [1.807, 2.05) is 0 Å². The largest absolute Gasteiger partial charge is 0.466 e. The highest BCUT2D eigenvalue weighted by atomic mass is 79.9. The van der Waals surface area contributed by atoms with Crippen molar-refractivity contribution in [3.05, 3.63) is 40.1 Å². The topological polar surface area (TPSA) is 26.3 Å². The van der Waals surface area contributed by atoms with Crippen LogP contribution in [0.2, 0.25) is 0 Å². The predicted octanol–water partition coefficient (Wildman–Crippen LogP) is 3.55. The van der Waals surface area contributed by atoms with Crippen LogP contribution in [0.3, 0.4) is 0 Å². The summed E-state index contributed by atoms with van der Waals surface area (Å²) < 4.78 is 18.8. The molecule has 1 rings (SSSR count). The molecule has 0 atom stereocenters. The number of carbonyl (C=O) groups excluding carboxylic acids is 1. The lowest BCUT2D eigenvalue weighted by molar-refractivity contribution is -0.142. The molecule has 0 aliphatic heterocycles. The van der Waals surface area contributed by atoms with Crippen LogP contribution in [-0.2, 0) is 9.53 Å². The van der Waals surface area contributed by atoms with Gasteiger partial charge in [-0.15, -0.1) is 0 Å². The molecule has 2 nitrogen and oxygen atoms in total. The van der Waals surface area contributed by atoms with Gasteiger partial charge in [0, 0.05) is 10.0 Å². The van der Waals surface area contributed by atoms with Crippen LogP contribution in [0.25, 0.3) is 6.08 Å².